The Balaban J connectivity index is 3.11. The summed E-state index contributed by atoms with van der Waals surface area (Å²) in [6.07, 6.45) is 0. The van der Waals surface area contributed by atoms with Crippen LogP contribution in [0.3, 0.4) is 0 Å². The minimum atomic E-state index is 0.0542. The highest BCUT2D eigenvalue weighted by molar-refractivity contribution is 5.41. The van der Waals surface area contributed by atoms with Crippen LogP contribution < -0.4 is 11.1 Å². The van der Waals surface area contributed by atoms with Crippen molar-refractivity contribution in [1.82, 2.24) is 4.98 Å². The Bertz CT molecular complexity index is 351. The summed E-state index contributed by atoms with van der Waals surface area (Å²) >= 11 is 0. The monoisotopic (exact) mass is 221 g/mol. The molecule has 0 unspecified atom stereocenters. The summed E-state index contributed by atoms with van der Waals surface area (Å²) in [6.45, 7) is 11.2. The Labute approximate surface area is 98.5 Å². The van der Waals surface area contributed by atoms with Gasteiger partial charge in [0.05, 0.1) is 0 Å². The second kappa shape index (κ2) is 4.83. The fourth-order valence-electron chi connectivity index (χ4n) is 1.46. The third-order valence-corrected chi connectivity index (χ3v) is 2.33. The predicted octanol–water partition coefficient (Wildman–Crippen LogP) is 2.66. The molecule has 0 aromatic carbocycles. The number of nitrogens with zero attached hydrogens (tertiary/aromatic N) is 1. The zero-order chi connectivity index (χ0) is 12.3. The minimum absolute atomic E-state index is 0.0542. The van der Waals surface area contributed by atoms with Gasteiger partial charge in [-0.1, -0.05) is 20.8 Å². The molecule has 3 N–H and O–H groups in total. The first-order chi connectivity index (χ1) is 7.32. The van der Waals surface area contributed by atoms with Crippen LogP contribution in [0.25, 0.3) is 0 Å². The van der Waals surface area contributed by atoms with Crippen LogP contribution in [0, 0.1) is 0 Å². The Morgan fingerprint density at radius 2 is 1.94 bits per heavy atom. The van der Waals surface area contributed by atoms with Gasteiger partial charge < -0.3 is 11.1 Å². The average molecular weight is 221 g/mol. The molecular weight excluding hydrogens is 198 g/mol. The number of nitrogens with one attached hydrogen (secondary N) is 1. The molecule has 0 spiro atoms. The zero-order valence-corrected chi connectivity index (χ0v) is 11.0. The summed E-state index contributed by atoms with van der Waals surface area (Å²) in [5.41, 5.74) is 7.97. The smallest absolute Gasteiger partial charge is 0.126 e. The highest BCUT2D eigenvalue weighted by Gasteiger charge is 2.17. The summed E-state index contributed by atoms with van der Waals surface area (Å²) in [7, 11) is 0. The van der Waals surface area contributed by atoms with E-state index in [9.17, 15) is 0 Å². The van der Waals surface area contributed by atoms with Crippen molar-refractivity contribution in [1.29, 1.82) is 0 Å². The fraction of sp³-hybridized carbons (Fsp3) is 0.615. The maximum absolute atomic E-state index is 5.71. The molecule has 0 amide bonds. The molecule has 1 rings (SSSR count). The van der Waals surface area contributed by atoms with E-state index in [0.29, 0.717) is 12.6 Å². The van der Waals surface area contributed by atoms with E-state index in [1.54, 1.807) is 0 Å². The van der Waals surface area contributed by atoms with Gasteiger partial charge >= 0.3 is 0 Å². The lowest BCUT2D eigenvalue weighted by atomic mass is 9.90. The molecule has 0 radical (unpaired) electrons. The molecule has 0 atom stereocenters. The molecule has 1 aromatic heterocycles. The number of anilines is 1. The zero-order valence-electron chi connectivity index (χ0n) is 11.0. The van der Waals surface area contributed by atoms with Gasteiger partial charge in [-0.15, -0.1) is 0 Å². The van der Waals surface area contributed by atoms with Crippen molar-refractivity contribution in [2.24, 2.45) is 5.73 Å². The van der Waals surface area contributed by atoms with Gasteiger partial charge in [0.25, 0.3) is 0 Å². The molecule has 0 fully saturated rings. The lowest BCUT2D eigenvalue weighted by molar-refractivity contribution is 0.568. The normalized spacial score (nSPS) is 11.9. The molecule has 0 aliphatic heterocycles. The highest BCUT2D eigenvalue weighted by atomic mass is 15.0. The van der Waals surface area contributed by atoms with Crippen LogP contribution in [0.4, 0.5) is 5.82 Å². The van der Waals surface area contributed by atoms with Crippen molar-refractivity contribution in [2.75, 3.05) is 5.32 Å². The van der Waals surface area contributed by atoms with E-state index in [1.807, 2.05) is 6.07 Å². The Morgan fingerprint density at radius 1 is 1.31 bits per heavy atom. The maximum atomic E-state index is 5.71. The first-order valence-corrected chi connectivity index (χ1v) is 5.81. The second-order valence-electron chi connectivity index (χ2n) is 5.50. The molecule has 0 aliphatic rings. The van der Waals surface area contributed by atoms with Crippen LogP contribution in [0.15, 0.2) is 12.1 Å². The summed E-state index contributed by atoms with van der Waals surface area (Å²) in [6, 6.07) is 4.49. The number of hydrogen-bond donors (Lipinski definition) is 2. The van der Waals surface area contributed by atoms with Crippen LogP contribution in [0.1, 0.15) is 45.9 Å². The van der Waals surface area contributed by atoms with Gasteiger partial charge in [-0.2, -0.15) is 0 Å². The molecule has 0 saturated carbocycles. The van der Waals surface area contributed by atoms with Crippen molar-refractivity contribution in [3.05, 3.63) is 23.4 Å². The summed E-state index contributed by atoms with van der Waals surface area (Å²) in [5.74, 6) is 0.919. The van der Waals surface area contributed by atoms with Gasteiger partial charge in [0.15, 0.2) is 0 Å². The summed E-state index contributed by atoms with van der Waals surface area (Å²) in [4.78, 5) is 4.63. The van der Waals surface area contributed by atoms with E-state index >= 15 is 0 Å². The lowest BCUT2D eigenvalue weighted by Crippen LogP contribution is -2.18. The van der Waals surface area contributed by atoms with Gasteiger partial charge in [-0.25, -0.2) is 4.98 Å². The van der Waals surface area contributed by atoms with Gasteiger partial charge in [0.2, 0.25) is 0 Å². The number of rotatable bonds is 3. The van der Waals surface area contributed by atoms with Crippen molar-refractivity contribution >= 4 is 5.82 Å². The molecule has 3 nitrogen and oxygen atoms in total. The minimum Gasteiger partial charge on any atom is -0.368 e. The lowest BCUT2D eigenvalue weighted by Gasteiger charge is -2.20. The first kappa shape index (κ1) is 13.0. The summed E-state index contributed by atoms with van der Waals surface area (Å²) in [5, 5.41) is 3.33. The summed E-state index contributed by atoms with van der Waals surface area (Å²) < 4.78 is 0. The van der Waals surface area contributed by atoms with E-state index < -0.39 is 0 Å². The maximum Gasteiger partial charge on any atom is 0.126 e. The second-order valence-corrected chi connectivity index (χ2v) is 5.50. The molecule has 1 aromatic rings. The largest absolute Gasteiger partial charge is 0.368 e. The molecular formula is C13H23N3. The first-order valence-electron chi connectivity index (χ1n) is 5.81. The van der Waals surface area contributed by atoms with Gasteiger partial charge in [-0.3, -0.25) is 0 Å². The van der Waals surface area contributed by atoms with Crippen LogP contribution in [-0.4, -0.2) is 11.0 Å². The van der Waals surface area contributed by atoms with Crippen molar-refractivity contribution < 1.29 is 0 Å². The van der Waals surface area contributed by atoms with E-state index in [4.69, 9.17) is 5.73 Å². The molecule has 0 bridgehead atoms. The molecule has 0 saturated heterocycles. The van der Waals surface area contributed by atoms with Crippen molar-refractivity contribution in [2.45, 2.75) is 52.6 Å². The number of hydrogen-bond acceptors (Lipinski definition) is 3. The Kier molecular flexibility index (Phi) is 3.92. The highest BCUT2D eigenvalue weighted by Crippen LogP contribution is 2.23. The third kappa shape index (κ3) is 3.49. The third-order valence-electron chi connectivity index (χ3n) is 2.33. The SMILES string of the molecule is CC(C)Nc1cc(CN)cc(C(C)(C)C)n1. The quantitative estimate of drug-likeness (QED) is 0.825. The van der Waals surface area contributed by atoms with Gasteiger partial charge in [0, 0.05) is 23.7 Å². The number of aromatic nitrogens is 1. The van der Waals surface area contributed by atoms with Crippen molar-refractivity contribution in [3.63, 3.8) is 0 Å². The Morgan fingerprint density at radius 3 is 2.38 bits per heavy atom. The Hall–Kier alpha value is -1.09. The van der Waals surface area contributed by atoms with Gasteiger partial charge in [-0.05, 0) is 31.5 Å². The number of nitrogens with two attached hydrogens (primary N) is 1. The molecule has 3 heteroatoms. The van der Waals surface area contributed by atoms with E-state index in [2.05, 4.69) is 51.0 Å². The number of pyridine rings is 1. The van der Waals surface area contributed by atoms with E-state index in [-0.39, 0.29) is 5.41 Å². The molecule has 90 valence electrons. The van der Waals surface area contributed by atoms with E-state index in [1.165, 1.54) is 0 Å². The molecule has 16 heavy (non-hydrogen) atoms. The van der Waals surface area contributed by atoms with Crippen molar-refractivity contribution in [3.8, 4) is 0 Å². The molecule has 1 heterocycles. The van der Waals surface area contributed by atoms with Crippen LogP contribution in [0.5, 0.6) is 0 Å². The van der Waals surface area contributed by atoms with E-state index in [0.717, 1.165) is 17.1 Å². The molecule has 0 aliphatic carbocycles. The van der Waals surface area contributed by atoms with Crippen LogP contribution in [-0.2, 0) is 12.0 Å². The average Bonchev–Trinajstić information content (AvgIpc) is 2.14. The van der Waals surface area contributed by atoms with Crippen LogP contribution in [0.2, 0.25) is 0 Å². The standard InChI is InChI=1S/C13H23N3/c1-9(2)15-12-7-10(8-14)6-11(16-12)13(3,4)5/h6-7,9H,8,14H2,1-5H3,(H,15,16). The predicted molar refractivity (Wildman–Crippen MR) is 69.6 cm³/mol. The van der Waals surface area contributed by atoms with Gasteiger partial charge in [0.1, 0.15) is 5.82 Å². The van der Waals surface area contributed by atoms with Crippen LogP contribution >= 0.6 is 0 Å². The fourth-order valence-corrected chi connectivity index (χ4v) is 1.46. The topological polar surface area (TPSA) is 50.9 Å².